The minimum Gasteiger partial charge on any atom is -0.369 e. The Balaban J connectivity index is 2.53. The van der Waals surface area contributed by atoms with Gasteiger partial charge in [0, 0.05) is 5.92 Å². The summed E-state index contributed by atoms with van der Waals surface area (Å²) in [6.45, 7) is 0. The number of carbonyl (C=O) groups excluding carboxylic acids is 1. The van der Waals surface area contributed by atoms with Crippen molar-refractivity contribution in [1.29, 1.82) is 0 Å². The first-order valence-corrected chi connectivity index (χ1v) is 4.44. The lowest BCUT2D eigenvalue weighted by molar-refractivity contribution is -0.122. The summed E-state index contributed by atoms with van der Waals surface area (Å²) in [5.41, 5.74) is 5.13. The van der Waals surface area contributed by atoms with Gasteiger partial charge in [0.25, 0.3) is 0 Å². The number of carbonyl (C=O) groups is 1. The van der Waals surface area contributed by atoms with Gasteiger partial charge in [-0.2, -0.15) is 0 Å². The zero-order valence-corrected chi connectivity index (χ0v) is 7.66. The molecule has 0 bridgehead atoms. The molecule has 1 aliphatic rings. The molecule has 0 saturated heterocycles. The second-order valence-electron chi connectivity index (χ2n) is 3.05. The zero-order chi connectivity index (χ0) is 8.48. The van der Waals surface area contributed by atoms with Gasteiger partial charge in [0.2, 0.25) is 5.91 Å². The number of amides is 1. The smallest absolute Gasteiger partial charge is 0.220 e. The van der Waals surface area contributed by atoms with Gasteiger partial charge in [0.15, 0.2) is 0 Å². The van der Waals surface area contributed by atoms with Crippen LogP contribution in [0.5, 0.6) is 0 Å². The molecule has 1 amide bonds. The molecule has 0 spiro atoms. The first-order valence-electron chi connectivity index (χ1n) is 3.68. The summed E-state index contributed by atoms with van der Waals surface area (Å²) < 4.78 is -0.724. The van der Waals surface area contributed by atoms with E-state index in [2.05, 4.69) is 0 Å². The first kappa shape index (κ1) is 9.14. The van der Waals surface area contributed by atoms with Crippen molar-refractivity contribution in [2.45, 2.75) is 30.0 Å². The van der Waals surface area contributed by atoms with E-state index in [1.165, 1.54) is 0 Å². The first-order chi connectivity index (χ1) is 5.01. The molecule has 0 aromatic heterocycles. The van der Waals surface area contributed by atoms with E-state index < -0.39 is 4.33 Å². The van der Waals surface area contributed by atoms with Crippen LogP contribution in [-0.4, -0.2) is 10.2 Å². The van der Waals surface area contributed by atoms with Crippen LogP contribution in [0.2, 0.25) is 0 Å². The van der Waals surface area contributed by atoms with Crippen molar-refractivity contribution in [2.24, 2.45) is 11.7 Å². The molecular weight excluding hydrogens is 185 g/mol. The minimum atomic E-state index is -0.724. The van der Waals surface area contributed by atoms with Crippen molar-refractivity contribution >= 4 is 29.1 Å². The van der Waals surface area contributed by atoms with Gasteiger partial charge < -0.3 is 5.73 Å². The van der Waals surface area contributed by atoms with E-state index in [1.54, 1.807) is 0 Å². The van der Waals surface area contributed by atoms with Gasteiger partial charge in [0.1, 0.15) is 4.33 Å². The summed E-state index contributed by atoms with van der Waals surface area (Å²) >= 11 is 11.7. The Bertz CT molecular complexity index is 170. The number of rotatable bonds is 1. The van der Waals surface area contributed by atoms with E-state index in [1.807, 2.05) is 0 Å². The molecule has 4 heteroatoms. The van der Waals surface area contributed by atoms with E-state index in [0.29, 0.717) is 6.42 Å². The largest absolute Gasteiger partial charge is 0.369 e. The summed E-state index contributed by atoms with van der Waals surface area (Å²) in [5.74, 6) is -0.408. The third-order valence-electron chi connectivity index (χ3n) is 2.04. The van der Waals surface area contributed by atoms with E-state index in [0.717, 1.165) is 19.3 Å². The summed E-state index contributed by atoms with van der Waals surface area (Å²) in [4.78, 5) is 10.7. The molecule has 0 aromatic rings. The van der Waals surface area contributed by atoms with Crippen molar-refractivity contribution < 1.29 is 4.79 Å². The minimum absolute atomic E-state index is 0.126. The normalized spacial score (nSPS) is 29.8. The maximum Gasteiger partial charge on any atom is 0.220 e. The fourth-order valence-corrected chi connectivity index (χ4v) is 2.05. The predicted octanol–water partition coefficient (Wildman–Crippen LogP) is 1.84. The molecule has 1 atom stereocenters. The quantitative estimate of drug-likeness (QED) is 0.638. The van der Waals surface area contributed by atoms with Crippen LogP contribution in [0.25, 0.3) is 0 Å². The highest BCUT2D eigenvalue weighted by molar-refractivity contribution is 6.48. The Morgan fingerprint density at radius 1 is 1.55 bits per heavy atom. The third-order valence-corrected chi connectivity index (χ3v) is 2.73. The molecule has 1 aliphatic carbocycles. The second kappa shape index (κ2) is 3.20. The second-order valence-corrected chi connectivity index (χ2v) is 4.69. The zero-order valence-electron chi connectivity index (χ0n) is 6.15. The fourth-order valence-electron chi connectivity index (χ4n) is 1.41. The van der Waals surface area contributed by atoms with E-state index in [4.69, 9.17) is 28.9 Å². The van der Waals surface area contributed by atoms with Crippen LogP contribution in [-0.2, 0) is 4.79 Å². The van der Waals surface area contributed by atoms with E-state index in [-0.39, 0.29) is 11.8 Å². The number of halogens is 2. The van der Waals surface area contributed by atoms with Gasteiger partial charge in [0.05, 0.1) is 0 Å². The monoisotopic (exact) mass is 195 g/mol. The number of primary amides is 1. The van der Waals surface area contributed by atoms with Crippen molar-refractivity contribution in [2.75, 3.05) is 0 Å². The van der Waals surface area contributed by atoms with Crippen molar-refractivity contribution in [3.8, 4) is 0 Å². The highest BCUT2D eigenvalue weighted by atomic mass is 35.5. The molecule has 0 unspecified atom stereocenters. The summed E-state index contributed by atoms with van der Waals surface area (Å²) in [6, 6.07) is 0. The Kier molecular flexibility index (Phi) is 2.66. The van der Waals surface area contributed by atoms with Gasteiger partial charge in [-0.05, 0) is 25.7 Å². The standard InChI is InChI=1S/C7H11Cl2NO/c8-7(9)3-1-2-5(4-7)6(10)11/h5H,1-4H2,(H2,10,11)/t5-/m1/s1. The molecule has 1 saturated carbocycles. The lowest BCUT2D eigenvalue weighted by atomic mass is 9.88. The molecule has 0 aliphatic heterocycles. The molecule has 11 heavy (non-hydrogen) atoms. The SMILES string of the molecule is NC(=O)[C@@H]1CCCC(Cl)(Cl)C1. The molecule has 64 valence electrons. The molecular formula is C7H11Cl2NO. The molecule has 0 radical (unpaired) electrons. The van der Waals surface area contributed by atoms with Crippen LogP contribution in [0.1, 0.15) is 25.7 Å². The number of nitrogens with two attached hydrogens (primary N) is 1. The maximum atomic E-state index is 10.7. The summed E-state index contributed by atoms with van der Waals surface area (Å²) in [6.07, 6.45) is 2.99. The molecule has 2 N–H and O–H groups in total. The van der Waals surface area contributed by atoms with Gasteiger partial charge in [-0.3, -0.25) is 4.79 Å². The fraction of sp³-hybridized carbons (Fsp3) is 0.857. The van der Waals surface area contributed by atoms with Crippen LogP contribution < -0.4 is 5.73 Å². The Hall–Kier alpha value is 0.0500. The molecule has 1 rings (SSSR count). The van der Waals surface area contributed by atoms with Crippen LogP contribution in [0.15, 0.2) is 0 Å². The topological polar surface area (TPSA) is 43.1 Å². The van der Waals surface area contributed by atoms with Crippen LogP contribution >= 0.6 is 23.2 Å². The third kappa shape index (κ3) is 2.53. The molecule has 2 nitrogen and oxygen atoms in total. The van der Waals surface area contributed by atoms with Crippen LogP contribution in [0, 0.1) is 5.92 Å². The highest BCUT2D eigenvalue weighted by Crippen LogP contribution is 2.40. The van der Waals surface area contributed by atoms with E-state index >= 15 is 0 Å². The van der Waals surface area contributed by atoms with Crippen molar-refractivity contribution in [3.63, 3.8) is 0 Å². The predicted molar refractivity (Wildman–Crippen MR) is 45.6 cm³/mol. The van der Waals surface area contributed by atoms with Crippen molar-refractivity contribution in [3.05, 3.63) is 0 Å². The van der Waals surface area contributed by atoms with Crippen molar-refractivity contribution in [1.82, 2.24) is 0 Å². The molecule has 0 aromatic carbocycles. The van der Waals surface area contributed by atoms with Gasteiger partial charge in [-0.25, -0.2) is 0 Å². The number of hydrogen-bond donors (Lipinski definition) is 1. The lowest BCUT2D eigenvalue weighted by Crippen LogP contribution is -2.32. The van der Waals surface area contributed by atoms with Gasteiger partial charge in [-0.1, -0.05) is 0 Å². The lowest BCUT2D eigenvalue weighted by Gasteiger charge is -2.29. The summed E-state index contributed by atoms with van der Waals surface area (Å²) in [5, 5.41) is 0. The highest BCUT2D eigenvalue weighted by Gasteiger charge is 2.34. The van der Waals surface area contributed by atoms with E-state index in [9.17, 15) is 4.79 Å². The Morgan fingerprint density at radius 2 is 2.18 bits per heavy atom. The maximum absolute atomic E-state index is 10.7. The molecule has 1 fully saturated rings. The Morgan fingerprint density at radius 3 is 2.55 bits per heavy atom. The molecule has 0 heterocycles. The van der Waals surface area contributed by atoms with Crippen LogP contribution in [0.4, 0.5) is 0 Å². The number of alkyl halides is 2. The van der Waals surface area contributed by atoms with Gasteiger partial charge >= 0.3 is 0 Å². The Labute approximate surface area is 76.0 Å². The number of hydrogen-bond acceptors (Lipinski definition) is 1. The average Bonchev–Trinajstić information content (AvgIpc) is 1.85. The van der Waals surface area contributed by atoms with Crippen LogP contribution in [0.3, 0.4) is 0 Å². The average molecular weight is 196 g/mol. The van der Waals surface area contributed by atoms with Gasteiger partial charge in [-0.15, -0.1) is 23.2 Å². The summed E-state index contributed by atoms with van der Waals surface area (Å²) in [7, 11) is 0.